The summed E-state index contributed by atoms with van der Waals surface area (Å²) in [6.07, 6.45) is 0.607. The highest BCUT2D eigenvalue weighted by molar-refractivity contribution is 9.10. The van der Waals surface area contributed by atoms with Gasteiger partial charge in [-0.25, -0.2) is 8.78 Å². The van der Waals surface area contributed by atoms with Crippen molar-refractivity contribution in [2.24, 2.45) is 0 Å². The predicted molar refractivity (Wildman–Crippen MR) is 80.7 cm³/mol. The first kappa shape index (κ1) is 15.1. The van der Waals surface area contributed by atoms with Gasteiger partial charge in [0.2, 0.25) is 0 Å². The largest absolute Gasteiger partial charge is 0.313 e. The molecule has 2 aromatic carbocycles. The Morgan fingerprint density at radius 2 is 1.90 bits per heavy atom. The van der Waals surface area contributed by atoms with Crippen molar-refractivity contribution in [1.82, 2.24) is 5.32 Å². The van der Waals surface area contributed by atoms with E-state index in [1.165, 1.54) is 18.2 Å². The molecule has 1 atom stereocenters. The number of benzene rings is 2. The Kier molecular flexibility index (Phi) is 4.89. The molecule has 2 aromatic rings. The van der Waals surface area contributed by atoms with Crippen LogP contribution < -0.4 is 5.32 Å². The lowest BCUT2D eigenvalue weighted by atomic mass is 9.96. The Bertz CT molecular complexity index is 613. The fourth-order valence-electron chi connectivity index (χ4n) is 2.26. The van der Waals surface area contributed by atoms with Crippen molar-refractivity contribution >= 4 is 15.9 Å². The first-order valence-corrected chi connectivity index (χ1v) is 7.18. The lowest BCUT2D eigenvalue weighted by Gasteiger charge is -2.19. The molecule has 20 heavy (non-hydrogen) atoms. The second-order valence-electron chi connectivity index (χ2n) is 4.78. The van der Waals surface area contributed by atoms with Gasteiger partial charge in [-0.05, 0) is 61.9 Å². The number of rotatable bonds is 4. The van der Waals surface area contributed by atoms with Crippen LogP contribution in [0.2, 0.25) is 0 Å². The molecule has 0 aromatic heterocycles. The van der Waals surface area contributed by atoms with E-state index in [0.29, 0.717) is 12.0 Å². The van der Waals surface area contributed by atoms with Crippen molar-refractivity contribution in [3.05, 3.63) is 69.2 Å². The van der Waals surface area contributed by atoms with Gasteiger partial charge in [0.15, 0.2) is 0 Å². The molecule has 0 fully saturated rings. The van der Waals surface area contributed by atoms with Crippen molar-refractivity contribution in [2.45, 2.75) is 19.4 Å². The van der Waals surface area contributed by atoms with E-state index in [2.05, 4.69) is 21.2 Å². The zero-order valence-electron chi connectivity index (χ0n) is 11.4. The third-order valence-corrected chi connectivity index (χ3v) is 3.90. The van der Waals surface area contributed by atoms with E-state index < -0.39 is 0 Å². The molecule has 106 valence electrons. The molecule has 0 bridgehead atoms. The SMILES string of the molecule is CNC(Cc1ccc(F)cc1C)c1cc(Br)ccc1F. The fraction of sp³-hybridized carbons (Fsp3) is 0.250. The summed E-state index contributed by atoms with van der Waals surface area (Å²) in [6.45, 7) is 1.86. The first-order chi connectivity index (χ1) is 9.51. The molecule has 0 aliphatic heterocycles. The molecule has 0 heterocycles. The topological polar surface area (TPSA) is 12.0 Å². The van der Waals surface area contributed by atoms with Gasteiger partial charge >= 0.3 is 0 Å². The third-order valence-electron chi connectivity index (χ3n) is 3.41. The molecule has 1 unspecified atom stereocenters. The Morgan fingerprint density at radius 1 is 1.15 bits per heavy atom. The second kappa shape index (κ2) is 6.46. The Labute approximate surface area is 126 Å². The van der Waals surface area contributed by atoms with Gasteiger partial charge in [-0.15, -0.1) is 0 Å². The molecule has 0 saturated heterocycles. The van der Waals surface area contributed by atoms with Gasteiger partial charge < -0.3 is 5.32 Å². The summed E-state index contributed by atoms with van der Waals surface area (Å²) in [5.41, 5.74) is 2.48. The van der Waals surface area contributed by atoms with Crippen molar-refractivity contribution in [1.29, 1.82) is 0 Å². The quantitative estimate of drug-likeness (QED) is 0.862. The first-order valence-electron chi connectivity index (χ1n) is 6.38. The maximum Gasteiger partial charge on any atom is 0.128 e. The average molecular weight is 340 g/mol. The van der Waals surface area contributed by atoms with Crippen LogP contribution in [0.25, 0.3) is 0 Å². The number of hydrogen-bond donors (Lipinski definition) is 1. The average Bonchev–Trinajstić information content (AvgIpc) is 2.41. The molecule has 1 N–H and O–H groups in total. The van der Waals surface area contributed by atoms with Crippen LogP contribution in [0.3, 0.4) is 0 Å². The number of nitrogens with one attached hydrogen (secondary N) is 1. The summed E-state index contributed by atoms with van der Waals surface area (Å²) in [5.74, 6) is -0.492. The van der Waals surface area contributed by atoms with Crippen LogP contribution >= 0.6 is 15.9 Å². The number of halogens is 3. The highest BCUT2D eigenvalue weighted by atomic mass is 79.9. The molecule has 0 aliphatic rings. The van der Waals surface area contributed by atoms with Crippen molar-refractivity contribution in [2.75, 3.05) is 7.05 Å². The maximum atomic E-state index is 14.0. The highest BCUT2D eigenvalue weighted by Gasteiger charge is 2.16. The van der Waals surface area contributed by atoms with Crippen molar-refractivity contribution in [3.8, 4) is 0 Å². The summed E-state index contributed by atoms with van der Waals surface area (Å²) >= 11 is 3.36. The molecular weight excluding hydrogens is 324 g/mol. The van der Waals surface area contributed by atoms with E-state index in [0.717, 1.165) is 15.6 Å². The normalized spacial score (nSPS) is 12.4. The number of aryl methyl sites for hydroxylation is 1. The van der Waals surface area contributed by atoms with E-state index in [9.17, 15) is 8.78 Å². The number of hydrogen-bond acceptors (Lipinski definition) is 1. The molecule has 1 nitrogen and oxygen atoms in total. The summed E-state index contributed by atoms with van der Waals surface area (Å²) in [4.78, 5) is 0. The van der Waals surface area contributed by atoms with Crippen LogP contribution in [0, 0.1) is 18.6 Å². The van der Waals surface area contributed by atoms with E-state index in [4.69, 9.17) is 0 Å². The van der Waals surface area contributed by atoms with Gasteiger partial charge in [0, 0.05) is 16.1 Å². The van der Waals surface area contributed by atoms with Gasteiger partial charge in [0.1, 0.15) is 11.6 Å². The van der Waals surface area contributed by atoms with Gasteiger partial charge in [-0.2, -0.15) is 0 Å². The molecule has 0 spiro atoms. The Hall–Kier alpha value is -1.26. The molecule has 0 radical (unpaired) electrons. The minimum absolute atomic E-state index is 0.156. The summed E-state index contributed by atoms with van der Waals surface area (Å²) in [7, 11) is 1.80. The van der Waals surface area contributed by atoms with E-state index >= 15 is 0 Å². The molecule has 0 amide bonds. The van der Waals surface area contributed by atoms with Crippen LogP contribution in [0.4, 0.5) is 8.78 Å². The second-order valence-corrected chi connectivity index (χ2v) is 5.70. The number of likely N-dealkylation sites (N-methyl/N-ethyl adjacent to an activating group) is 1. The van der Waals surface area contributed by atoms with Gasteiger partial charge in [-0.1, -0.05) is 22.0 Å². The molecular formula is C16H16BrF2N. The summed E-state index contributed by atoms with van der Waals surface area (Å²) in [5, 5.41) is 3.12. The molecule has 4 heteroatoms. The lowest BCUT2D eigenvalue weighted by Crippen LogP contribution is -2.20. The monoisotopic (exact) mass is 339 g/mol. The third kappa shape index (κ3) is 3.44. The minimum atomic E-state index is -0.249. The van der Waals surface area contributed by atoms with Gasteiger partial charge in [0.25, 0.3) is 0 Å². The van der Waals surface area contributed by atoms with Crippen LogP contribution in [-0.4, -0.2) is 7.05 Å². The molecule has 0 saturated carbocycles. The van der Waals surface area contributed by atoms with E-state index in [1.54, 1.807) is 25.2 Å². The lowest BCUT2D eigenvalue weighted by molar-refractivity contribution is 0.532. The van der Waals surface area contributed by atoms with Crippen LogP contribution in [0.1, 0.15) is 22.7 Å². The van der Waals surface area contributed by atoms with Crippen LogP contribution in [-0.2, 0) is 6.42 Å². The van der Waals surface area contributed by atoms with Crippen molar-refractivity contribution < 1.29 is 8.78 Å². The minimum Gasteiger partial charge on any atom is -0.313 e. The van der Waals surface area contributed by atoms with Crippen molar-refractivity contribution in [3.63, 3.8) is 0 Å². The van der Waals surface area contributed by atoms with E-state index in [1.807, 2.05) is 6.92 Å². The summed E-state index contributed by atoms with van der Waals surface area (Å²) in [6, 6.07) is 9.43. The summed E-state index contributed by atoms with van der Waals surface area (Å²) < 4.78 is 27.9. The standard InChI is InChI=1S/C16H16BrF2N/c1-10-7-13(18)5-3-11(10)8-16(20-2)14-9-12(17)4-6-15(14)19/h3-7,9,16,20H,8H2,1-2H3. The molecule has 2 rings (SSSR count). The fourth-order valence-corrected chi connectivity index (χ4v) is 2.64. The zero-order valence-corrected chi connectivity index (χ0v) is 13.0. The Morgan fingerprint density at radius 3 is 2.55 bits per heavy atom. The smallest absolute Gasteiger partial charge is 0.128 e. The zero-order chi connectivity index (χ0) is 14.7. The predicted octanol–water partition coefficient (Wildman–Crippen LogP) is 4.54. The Balaban J connectivity index is 2.31. The van der Waals surface area contributed by atoms with Crippen LogP contribution in [0.15, 0.2) is 40.9 Å². The highest BCUT2D eigenvalue weighted by Crippen LogP contribution is 2.25. The maximum absolute atomic E-state index is 14.0. The van der Waals surface area contributed by atoms with E-state index in [-0.39, 0.29) is 17.7 Å². The van der Waals surface area contributed by atoms with Crippen LogP contribution in [0.5, 0.6) is 0 Å². The molecule has 0 aliphatic carbocycles. The van der Waals surface area contributed by atoms with Gasteiger partial charge in [0.05, 0.1) is 0 Å². The van der Waals surface area contributed by atoms with Gasteiger partial charge in [-0.3, -0.25) is 0 Å².